The van der Waals surface area contributed by atoms with Gasteiger partial charge < -0.3 is 20.5 Å². The first-order chi connectivity index (χ1) is 17.6. The van der Waals surface area contributed by atoms with Crippen LogP contribution in [0.4, 0.5) is 17.1 Å². The van der Waals surface area contributed by atoms with Crippen molar-refractivity contribution in [1.29, 1.82) is 0 Å². The Morgan fingerprint density at radius 1 is 1.11 bits per heavy atom. The Morgan fingerprint density at radius 3 is 2.78 bits per heavy atom. The van der Waals surface area contributed by atoms with Gasteiger partial charge in [0.05, 0.1) is 21.4 Å². The van der Waals surface area contributed by atoms with Crippen LogP contribution in [-0.2, 0) is 4.79 Å². The van der Waals surface area contributed by atoms with Gasteiger partial charge in [-0.15, -0.1) is 11.3 Å². The third-order valence-corrected chi connectivity index (χ3v) is 7.02. The van der Waals surface area contributed by atoms with Crippen LogP contribution in [0.25, 0.3) is 26.8 Å². The van der Waals surface area contributed by atoms with E-state index in [1.807, 2.05) is 55.0 Å². The van der Waals surface area contributed by atoms with Gasteiger partial charge >= 0.3 is 0 Å². The van der Waals surface area contributed by atoms with Gasteiger partial charge in [0.25, 0.3) is 0 Å². The van der Waals surface area contributed by atoms with Crippen molar-refractivity contribution in [2.24, 2.45) is 0 Å². The molecule has 0 saturated heterocycles. The van der Waals surface area contributed by atoms with Crippen molar-refractivity contribution in [3.8, 4) is 0 Å². The quantitative estimate of drug-likeness (QED) is 0.231. The SMILES string of the molecule is CNc1cccc(Cl)c1.O=CN1CC=C(c2cc3c(Nc4ccc5ncsc5c4)ccnc3[nH]2)CC1. The molecule has 0 unspecified atom stereocenters. The van der Waals surface area contributed by atoms with Crippen molar-refractivity contribution < 1.29 is 4.79 Å². The van der Waals surface area contributed by atoms with E-state index in [1.54, 1.807) is 22.4 Å². The standard InChI is InChI=1S/C20H17N5OS.C7H8ClN/c26-12-25-7-4-13(5-8-25)18-10-15-16(3-6-21-20(15)24-18)23-14-1-2-17-19(9-14)27-11-22-17;1-9-7-4-2-3-6(8)5-7/h1-4,6,9-12H,5,7-8H2,(H2,21,23,24);2-5,9H,1H3. The van der Waals surface area contributed by atoms with E-state index in [-0.39, 0.29) is 0 Å². The average molecular weight is 517 g/mol. The molecule has 0 aliphatic carbocycles. The van der Waals surface area contributed by atoms with Gasteiger partial charge in [0.15, 0.2) is 0 Å². The number of amides is 1. The van der Waals surface area contributed by atoms with Crippen molar-refractivity contribution >= 4 is 73.2 Å². The molecule has 1 amide bonds. The number of thiazole rings is 1. The van der Waals surface area contributed by atoms with Crippen molar-refractivity contribution in [2.75, 3.05) is 30.8 Å². The largest absolute Gasteiger partial charge is 0.388 e. The minimum Gasteiger partial charge on any atom is -0.388 e. The third-order valence-electron chi connectivity index (χ3n) is 5.99. The van der Waals surface area contributed by atoms with Crippen LogP contribution in [0.15, 0.2) is 72.4 Å². The maximum Gasteiger partial charge on any atom is 0.209 e. The molecular weight excluding hydrogens is 492 g/mol. The molecule has 7 nitrogen and oxygen atoms in total. The predicted molar refractivity (Wildman–Crippen MR) is 150 cm³/mol. The van der Waals surface area contributed by atoms with Gasteiger partial charge in [-0.3, -0.25) is 4.79 Å². The number of fused-ring (bicyclic) bond motifs is 2. The van der Waals surface area contributed by atoms with Gasteiger partial charge in [-0.1, -0.05) is 23.7 Å². The molecule has 0 fully saturated rings. The topological polar surface area (TPSA) is 85.9 Å². The highest BCUT2D eigenvalue weighted by molar-refractivity contribution is 7.16. The number of halogens is 1. The zero-order valence-corrected chi connectivity index (χ0v) is 21.2. The van der Waals surface area contributed by atoms with Crippen LogP contribution in [0.5, 0.6) is 0 Å². The molecule has 6 rings (SSSR count). The Bertz CT molecular complexity index is 1540. The van der Waals surface area contributed by atoms with Crippen molar-refractivity contribution in [3.63, 3.8) is 0 Å². The number of H-pyrrole nitrogens is 1. The summed E-state index contributed by atoms with van der Waals surface area (Å²) in [4.78, 5) is 24.9. The molecule has 0 radical (unpaired) electrons. The molecule has 0 spiro atoms. The molecule has 0 saturated carbocycles. The van der Waals surface area contributed by atoms with Gasteiger partial charge in [-0.2, -0.15) is 0 Å². The van der Waals surface area contributed by atoms with E-state index in [4.69, 9.17) is 11.6 Å². The second-order valence-corrected chi connectivity index (χ2v) is 9.63. The van der Waals surface area contributed by atoms with Crippen LogP contribution in [0, 0.1) is 0 Å². The number of benzene rings is 2. The van der Waals surface area contributed by atoms with Crippen LogP contribution < -0.4 is 10.6 Å². The van der Waals surface area contributed by atoms with E-state index in [0.29, 0.717) is 6.54 Å². The summed E-state index contributed by atoms with van der Waals surface area (Å²) in [5.74, 6) is 0. The van der Waals surface area contributed by atoms with Crippen molar-refractivity contribution in [1.82, 2.24) is 19.9 Å². The number of hydrogen-bond donors (Lipinski definition) is 3. The lowest BCUT2D eigenvalue weighted by Gasteiger charge is -2.21. The fourth-order valence-corrected chi connectivity index (χ4v) is 4.97. The first-order valence-electron chi connectivity index (χ1n) is 11.5. The smallest absolute Gasteiger partial charge is 0.209 e. The number of aromatic nitrogens is 3. The summed E-state index contributed by atoms with van der Waals surface area (Å²) in [6, 6.07) is 17.9. The second-order valence-electron chi connectivity index (χ2n) is 8.30. The number of nitrogens with zero attached hydrogens (tertiary/aromatic N) is 3. The summed E-state index contributed by atoms with van der Waals surface area (Å²) in [5, 5.41) is 8.31. The third kappa shape index (κ3) is 5.35. The molecule has 5 aromatic rings. The maximum atomic E-state index is 10.9. The molecule has 3 aromatic heterocycles. The highest BCUT2D eigenvalue weighted by Crippen LogP contribution is 2.31. The number of pyridine rings is 1. The molecule has 4 heterocycles. The fourth-order valence-electron chi connectivity index (χ4n) is 4.07. The second kappa shape index (κ2) is 10.8. The number of carbonyl (C=O) groups excluding carboxylic acids is 1. The maximum absolute atomic E-state index is 10.9. The normalized spacial score (nSPS) is 13.2. The van der Waals surface area contributed by atoms with Gasteiger partial charge in [0.2, 0.25) is 6.41 Å². The van der Waals surface area contributed by atoms with Crippen molar-refractivity contribution in [2.45, 2.75) is 6.42 Å². The molecule has 1 aliphatic heterocycles. The highest BCUT2D eigenvalue weighted by Gasteiger charge is 2.15. The number of anilines is 3. The minimum atomic E-state index is 0.654. The van der Waals surface area contributed by atoms with E-state index >= 15 is 0 Å². The van der Waals surface area contributed by atoms with Gasteiger partial charge in [-0.25, -0.2) is 9.97 Å². The van der Waals surface area contributed by atoms with Gasteiger partial charge in [-0.05, 0) is 60.5 Å². The summed E-state index contributed by atoms with van der Waals surface area (Å²) in [6.07, 6.45) is 5.66. The highest BCUT2D eigenvalue weighted by atomic mass is 35.5. The number of aromatic amines is 1. The summed E-state index contributed by atoms with van der Waals surface area (Å²) in [5.41, 5.74) is 9.11. The molecule has 182 valence electrons. The van der Waals surface area contributed by atoms with Crippen LogP contribution in [0.1, 0.15) is 12.1 Å². The lowest BCUT2D eigenvalue weighted by atomic mass is 10.1. The van der Waals surface area contributed by atoms with Crippen molar-refractivity contribution in [3.05, 3.63) is 83.1 Å². The van der Waals surface area contributed by atoms with Gasteiger partial charge in [0.1, 0.15) is 5.65 Å². The monoisotopic (exact) mass is 516 g/mol. The summed E-state index contributed by atoms with van der Waals surface area (Å²) in [7, 11) is 1.87. The number of carbonyl (C=O) groups is 1. The zero-order chi connectivity index (χ0) is 24.9. The van der Waals surface area contributed by atoms with E-state index in [0.717, 1.165) is 68.4 Å². The Hall–Kier alpha value is -3.88. The number of nitrogens with one attached hydrogen (secondary N) is 3. The van der Waals surface area contributed by atoms with E-state index in [2.05, 4.69) is 43.8 Å². The van der Waals surface area contributed by atoms with E-state index in [9.17, 15) is 4.79 Å². The fraction of sp³-hybridized carbons (Fsp3) is 0.148. The van der Waals surface area contributed by atoms with Crippen LogP contribution in [-0.4, -0.2) is 46.4 Å². The summed E-state index contributed by atoms with van der Waals surface area (Å²) < 4.78 is 1.16. The molecule has 9 heteroatoms. The molecule has 0 bridgehead atoms. The first-order valence-corrected chi connectivity index (χ1v) is 12.8. The lowest BCUT2D eigenvalue weighted by molar-refractivity contribution is -0.117. The molecule has 2 aromatic carbocycles. The van der Waals surface area contributed by atoms with E-state index < -0.39 is 0 Å². The Kier molecular flexibility index (Phi) is 7.16. The molecule has 0 atom stereocenters. The zero-order valence-electron chi connectivity index (χ0n) is 19.7. The van der Waals surface area contributed by atoms with Gasteiger partial charge in [0, 0.05) is 53.8 Å². The number of hydrogen-bond acceptors (Lipinski definition) is 6. The summed E-state index contributed by atoms with van der Waals surface area (Å²) >= 11 is 7.32. The lowest BCUT2D eigenvalue weighted by Crippen LogP contribution is -2.26. The van der Waals surface area contributed by atoms with Crippen LogP contribution in [0.2, 0.25) is 5.02 Å². The molecule has 3 N–H and O–H groups in total. The van der Waals surface area contributed by atoms with Crippen LogP contribution >= 0.6 is 22.9 Å². The Morgan fingerprint density at radius 2 is 2.03 bits per heavy atom. The minimum absolute atomic E-state index is 0.654. The summed E-state index contributed by atoms with van der Waals surface area (Å²) in [6.45, 7) is 1.40. The average Bonchev–Trinajstić information content (AvgIpc) is 3.56. The van der Waals surface area contributed by atoms with Crippen LogP contribution in [0.3, 0.4) is 0 Å². The Balaban J connectivity index is 0.000000252. The predicted octanol–water partition coefficient (Wildman–Crippen LogP) is 6.54. The van der Waals surface area contributed by atoms with E-state index in [1.165, 1.54) is 5.57 Å². The first kappa shape index (κ1) is 23.8. The Labute approximate surface area is 217 Å². The molecule has 1 aliphatic rings. The number of rotatable bonds is 5. The molecular formula is C27H25ClN6OS. The molecule has 36 heavy (non-hydrogen) atoms.